The summed E-state index contributed by atoms with van der Waals surface area (Å²) in [7, 11) is 4.36. The molecule has 30 heavy (non-hydrogen) atoms. The molecule has 1 saturated heterocycles. The number of rotatable bonds is 9. The van der Waals surface area contributed by atoms with Crippen molar-refractivity contribution < 1.29 is 9.47 Å². The molecule has 7 nitrogen and oxygen atoms in total. The van der Waals surface area contributed by atoms with Crippen molar-refractivity contribution in [1.29, 1.82) is 0 Å². The number of piperazine rings is 1. The molecule has 1 aromatic rings. The highest BCUT2D eigenvalue weighted by Crippen LogP contribution is 2.30. The molecule has 0 aliphatic carbocycles. The molecule has 2 N–H and O–H groups in total. The summed E-state index contributed by atoms with van der Waals surface area (Å²) in [6.45, 7) is 14.3. The first-order valence-corrected chi connectivity index (χ1v) is 10.8. The van der Waals surface area contributed by atoms with Crippen LogP contribution in [0.25, 0.3) is 0 Å². The topological polar surface area (TPSA) is 61.4 Å². The predicted molar refractivity (Wildman–Crippen MR) is 136 cm³/mol. The van der Waals surface area contributed by atoms with E-state index in [4.69, 9.17) is 14.5 Å². The van der Waals surface area contributed by atoms with Crippen LogP contribution in [0.2, 0.25) is 0 Å². The fraction of sp³-hybridized carbons (Fsp3) is 0.682. The lowest BCUT2D eigenvalue weighted by molar-refractivity contribution is 0.119. The molecular formula is C22H40IN5O2. The lowest BCUT2D eigenvalue weighted by Gasteiger charge is -2.37. The van der Waals surface area contributed by atoms with Crippen LogP contribution in [0.1, 0.15) is 39.3 Å². The molecule has 0 bridgehead atoms. The van der Waals surface area contributed by atoms with Crippen LogP contribution in [-0.2, 0) is 0 Å². The first-order chi connectivity index (χ1) is 14.0. The number of nitrogens with zero attached hydrogens (tertiary/aromatic N) is 3. The largest absolute Gasteiger partial charge is 0.490 e. The number of hydrogen-bond donors (Lipinski definition) is 2. The van der Waals surface area contributed by atoms with Gasteiger partial charge in [0.2, 0.25) is 0 Å². The van der Waals surface area contributed by atoms with E-state index in [9.17, 15) is 0 Å². The molecule has 2 unspecified atom stereocenters. The second kappa shape index (κ2) is 13.9. The average Bonchev–Trinajstić information content (AvgIpc) is 2.70. The van der Waals surface area contributed by atoms with Gasteiger partial charge in [-0.2, -0.15) is 0 Å². The van der Waals surface area contributed by atoms with E-state index in [0.29, 0.717) is 19.3 Å². The Hall–Kier alpha value is -1.26. The summed E-state index contributed by atoms with van der Waals surface area (Å²) < 4.78 is 11.5. The molecule has 172 valence electrons. The third kappa shape index (κ3) is 8.11. The summed E-state index contributed by atoms with van der Waals surface area (Å²) in [6, 6.07) is 6.65. The van der Waals surface area contributed by atoms with Crippen molar-refractivity contribution in [2.24, 2.45) is 4.99 Å². The van der Waals surface area contributed by atoms with Gasteiger partial charge in [-0.05, 0) is 59.5 Å². The van der Waals surface area contributed by atoms with Gasteiger partial charge in [0, 0.05) is 32.2 Å². The minimum atomic E-state index is 0. The molecule has 0 radical (unpaired) electrons. The zero-order valence-corrected chi connectivity index (χ0v) is 21.7. The fourth-order valence-electron chi connectivity index (χ4n) is 3.44. The van der Waals surface area contributed by atoms with Crippen molar-refractivity contribution in [3.8, 4) is 11.5 Å². The van der Waals surface area contributed by atoms with Crippen LogP contribution in [0.15, 0.2) is 23.2 Å². The zero-order valence-electron chi connectivity index (χ0n) is 19.4. The quantitative estimate of drug-likeness (QED) is 0.289. The summed E-state index contributed by atoms with van der Waals surface area (Å²) in [5.41, 5.74) is 1.14. The second-order valence-electron chi connectivity index (χ2n) is 7.55. The molecule has 1 fully saturated rings. The molecule has 0 amide bonds. The summed E-state index contributed by atoms with van der Waals surface area (Å²) in [6.07, 6.45) is 0. The van der Waals surface area contributed by atoms with E-state index in [1.165, 1.54) is 0 Å². The van der Waals surface area contributed by atoms with E-state index < -0.39 is 0 Å². The Morgan fingerprint density at radius 3 is 2.50 bits per heavy atom. The van der Waals surface area contributed by atoms with Gasteiger partial charge in [-0.15, -0.1) is 24.0 Å². The lowest BCUT2D eigenvalue weighted by atomic mass is 10.1. The Kier molecular flexibility index (Phi) is 12.4. The van der Waals surface area contributed by atoms with Gasteiger partial charge in [-0.1, -0.05) is 6.07 Å². The third-order valence-electron chi connectivity index (χ3n) is 5.21. The van der Waals surface area contributed by atoms with Crippen molar-refractivity contribution in [2.75, 3.05) is 60.0 Å². The monoisotopic (exact) mass is 533 g/mol. The number of ether oxygens (including phenoxy) is 2. The van der Waals surface area contributed by atoms with E-state index in [-0.39, 0.29) is 30.0 Å². The van der Waals surface area contributed by atoms with Gasteiger partial charge in [0.25, 0.3) is 0 Å². The van der Waals surface area contributed by atoms with Gasteiger partial charge in [-0.3, -0.25) is 9.89 Å². The Labute approximate surface area is 199 Å². The van der Waals surface area contributed by atoms with Crippen LogP contribution in [0.4, 0.5) is 0 Å². The van der Waals surface area contributed by atoms with Gasteiger partial charge in [0.05, 0.1) is 25.8 Å². The van der Waals surface area contributed by atoms with E-state index in [0.717, 1.165) is 55.7 Å². The molecule has 1 aliphatic rings. The molecule has 1 aliphatic heterocycles. The van der Waals surface area contributed by atoms with Crippen LogP contribution >= 0.6 is 24.0 Å². The highest BCUT2D eigenvalue weighted by molar-refractivity contribution is 14.0. The summed E-state index contributed by atoms with van der Waals surface area (Å²) in [5, 5.41) is 6.90. The number of likely N-dealkylation sites (N-methyl/N-ethyl adjacent to an activating group) is 2. The van der Waals surface area contributed by atoms with Gasteiger partial charge < -0.3 is 25.0 Å². The highest BCUT2D eigenvalue weighted by atomic mass is 127. The van der Waals surface area contributed by atoms with Gasteiger partial charge in [-0.25, -0.2) is 0 Å². The molecule has 0 saturated carbocycles. The number of halogens is 1. The first-order valence-electron chi connectivity index (χ1n) is 10.8. The summed E-state index contributed by atoms with van der Waals surface area (Å²) in [5.74, 6) is 2.41. The van der Waals surface area contributed by atoms with Crippen molar-refractivity contribution in [3.63, 3.8) is 0 Å². The van der Waals surface area contributed by atoms with Crippen LogP contribution in [0, 0.1) is 0 Å². The molecule has 8 heteroatoms. The van der Waals surface area contributed by atoms with E-state index in [2.05, 4.69) is 60.5 Å². The van der Waals surface area contributed by atoms with E-state index in [1.807, 2.05) is 19.9 Å². The minimum Gasteiger partial charge on any atom is -0.490 e. The second-order valence-corrected chi connectivity index (χ2v) is 7.55. The molecule has 2 rings (SSSR count). The maximum atomic E-state index is 5.77. The number of aliphatic imine (C=N–C) groups is 1. The van der Waals surface area contributed by atoms with Gasteiger partial charge in [0.1, 0.15) is 0 Å². The molecule has 0 spiro atoms. The molecule has 1 aromatic carbocycles. The van der Waals surface area contributed by atoms with E-state index in [1.54, 1.807) is 0 Å². The summed E-state index contributed by atoms with van der Waals surface area (Å²) >= 11 is 0. The Morgan fingerprint density at radius 1 is 1.13 bits per heavy atom. The number of benzene rings is 1. The van der Waals surface area contributed by atoms with Crippen LogP contribution in [0.5, 0.6) is 11.5 Å². The van der Waals surface area contributed by atoms with Crippen LogP contribution in [0.3, 0.4) is 0 Å². The molecular weight excluding hydrogens is 493 g/mol. The van der Waals surface area contributed by atoms with Crippen molar-refractivity contribution in [3.05, 3.63) is 23.8 Å². The average molecular weight is 533 g/mol. The number of guanidine groups is 1. The van der Waals surface area contributed by atoms with Gasteiger partial charge in [0.15, 0.2) is 17.5 Å². The molecule has 2 atom stereocenters. The smallest absolute Gasteiger partial charge is 0.191 e. The highest BCUT2D eigenvalue weighted by Gasteiger charge is 2.22. The Bertz CT molecular complexity index is 658. The number of hydrogen-bond acceptors (Lipinski definition) is 5. The standard InChI is InChI=1S/C22H39N5O2.HI/c1-7-23-22(24-15-19-16-26(5)12-13-27(19)6)25-17(4)18-10-11-20(28-8-2)21(14-18)29-9-3;/h10-11,14,17,19H,7-9,12-13,15-16H2,1-6H3,(H2,23,24,25);1H. The Morgan fingerprint density at radius 2 is 1.83 bits per heavy atom. The van der Waals surface area contributed by atoms with Crippen LogP contribution in [-0.4, -0.2) is 81.8 Å². The van der Waals surface area contributed by atoms with Crippen molar-refractivity contribution in [1.82, 2.24) is 20.4 Å². The van der Waals surface area contributed by atoms with Crippen molar-refractivity contribution in [2.45, 2.75) is 39.8 Å². The maximum absolute atomic E-state index is 5.77. The van der Waals surface area contributed by atoms with Crippen molar-refractivity contribution >= 4 is 29.9 Å². The zero-order chi connectivity index (χ0) is 21.2. The predicted octanol–water partition coefficient (Wildman–Crippen LogP) is 2.96. The normalized spacial score (nSPS) is 19.0. The molecule has 0 aromatic heterocycles. The van der Waals surface area contributed by atoms with Gasteiger partial charge >= 0.3 is 0 Å². The van der Waals surface area contributed by atoms with Crippen LogP contribution < -0.4 is 20.1 Å². The maximum Gasteiger partial charge on any atom is 0.191 e. The molecule has 1 heterocycles. The SMILES string of the molecule is CCNC(=NCC1CN(C)CCN1C)NC(C)c1ccc(OCC)c(OCC)c1.I. The summed E-state index contributed by atoms with van der Waals surface area (Å²) in [4.78, 5) is 9.64. The number of nitrogens with one attached hydrogen (secondary N) is 2. The third-order valence-corrected chi connectivity index (χ3v) is 5.21. The lowest BCUT2D eigenvalue weighted by Crippen LogP contribution is -2.51. The first kappa shape index (κ1) is 26.8. The van der Waals surface area contributed by atoms with E-state index >= 15 is 0 Å². The fourth-order valence-corrected chi connectivity index (χ4v) is 3.44. The minimum absolute atomic E-state index is 0. The Balaban J connectivity index is 0.00000450.